The van der Waals surface area contributed by atoms with Gasteiger partial charge in [0.1, 0.15) is 31.0 Å². The molecule has 0 aromatic heterocycles. The molecule has 1 aliphatic heterocycles. The molecule has 0 radical (unpaired) electrons. The number of benzene rings is 3. The number of halogens is 1. The maximum absolute atomic E-state index is 10.9. The standard InChI is InChI=1S/C25H27NO5.ClH/c1-29-22-11-17(12-23(30-2)25(22)31-3)24-19-10-9-18(27)13-20(19)21(28)15-26(24)14-16-7-5-4-6-8-16;/h4-13,21,24,27-28H,14-15H2,1-3H3;1H. The van der Waals surface area contributed by atoms with Crippen molar-refractivity contribution in [3.8, 4) is 23.0 Å². The highest BCUT2D eigenvalue weighted by molar-refractivity contribution is 5.56. The normalized spacial score (nSPS) is 19.4. The number of aliphatic hydroxyl groups excluding tert-OH is 1. The lowest BCUT2D eigenvalue weighted by Gasteiger charge is -2.37. The lowest BCUT2D eigenvalue weighted by molar-refractivity contribution is -0.945. The number of quaternary nitrogens is 1. The number of rotatable bonds is 6. The highest BCUT2D eigenvalue weighted by atomic mass is 35.5. The molecule has 3 N–H and O–H groups in total. The molecule has 0 amide bonds. The van der Waals surface area contributed by atoms with Crippen LogP contribution in [0.3, 0.4) is 0 Å². The molecule has 3 aromatic rings. The zero-order valence-electron chi connectivity index (χ0n) is 18.3. The van der Waals surface area contributed by atoms with Gasteiger partial charge in [0.15, 0.2) is 11.5 Å². The van der Waals surface area contributed by atoms with Gasteiger partial charge in [-0.25, -0.2) is 0 Å². The summed E-state index contributed by atoms with van der Waals surface area (Å²) < 4.78 is 16.7. The van der Waals surface area contributed by atoms with E-state index < -0.39 is 6.10 Å². The molecule has 3 aromatic carbocycles. The van der Waals surface area contributed by atoms with Gasteiger partial charge in [-0.3, -0.25) is 0 Å². The number of aliphatic hydroxyl groups is 1. The molecule has 32 heavy (non-hydrogen) atoms. The molecule has 3 unspecified atom stereocenters. The van der Waals surface area contributed by atoms with Crippen molar-refractivity contribution in [1.82, 2.24) is 0 Å². The number of aromatic hydroxyl groups is 1. The Kier molecular flexibility index (Phi) is 7.51. The van der Waals surface area contributed by atoms with Crippen molar-refractivity contribution in [3.63, 3.8) is 0 Å². The van der Waals surface area contributed by atoms with Crippen molar-refractivity contribution in [2.45, 2.75) is 18.7 Å². The average Bonchev–Trinajstić information content (AvgIpc) is 2.79. The van der Waals surface area contributed by atoms with E-state index in [0.29, 0.717) is 23.8 Å². The van der Waals surface area contributed by atoms with Crippen LogP contribution in [0, 0.1) is 0 Å². The number of ether oxygens (including phenoxy) is 3. The topological polar surface area (TPSA) is 72.6 Å². The lowest BCUT2D eigenvalue weighted by atomic mass is 9.86. The van der Waals surface area contributed by atoms with E-state index in [0.717, 1.165) is 23.2 Å². The van der Waals surface area contributed by atoms with Gasteiger partial charge in [0, 0.05) is 16.7 Å². The summed E-state index contributed by atoms with van der Waals surface area (Å²) in [5.74, 6) is 1.86. The van der Waals surface area contributed by atoms with Crippen LogP contribution in [-0.2, 0) is 6.54 Å². The highest BCUT2D eigenvalue weighted by Crippen LogP contribution is 2.42. The van der Waals surface area contributed by atoms with E-state index in [9.17, 15) is 10.2 Å². The molecule has 6 nitrogen and oxygen atoms in total. The third kappa shape index (κ3) is 4.48. The summed E-state index contributed by atoms with van der Waals surface area (Å²) in [5, 5.41) is 20.9. The monoisotopic (exact) mass is 457 g/mol. The third-order valence-corrected chi connectivity index (χ3v) is 5.90. The van der Waals surface area contributed by atoms with Crippen LogP contribution in [0.2, 0.25) is 0 Å². The zero-order valence-corrected chi connectivity index (χ0v) is 19.1. The van der Waals surface area contributed by atoms with Gasteiger partial charge in [0.2, 0.25) is 5.75 Å². The van der Waals surface area contributed by atoms with Crippen LogP contribution < -0.4 is 31.5 Å². The average molecular weight is 458 g/mol. The molecule has 7 heteroatoms. The summed E-state index contributed by atoms with van der Waals surface area (Å²) in [4.78, 5) is 1.19. The number of fused-ring (bicyclic) bond motifs is 1. The van der Waals surface area contributed by atoms with E-state index in [2.05, 4.69) is 12.1 Å². The Morgan fingerprint density at radius 1 is 0.875 bits per heavy atom. The molecule has 0 aliphatic carbocycles. The summed E-state index contributed by atoms with van der Waals surface area (Å²) in [6, 6.07) is 19.3. The van der Waals surface area contributed by atoms with Crippen molar-refractivity contribution in [2.75, 3.05) is 27.9 Å². The SMILES string of the molecule is COc1cc(C2c3ccc(O)cc3C(O)C[NH+]2Cc2ccccc2)cc(OC)c1OC.[Cl-]. The largest absolute Gasteiger partial charge is 1.00 e. The molecule has 1 aliphatic rings. The first-order chi connectivity index (χ1) is 15.0. The van der Waals surface area contributed by atoms with Crippen LogP contribution in [0.1, 0.15) is 34.4 Å². The van der Waals surface area contributed by atoms with Gasteiger partial charge in [0.25, 0.3) is 0 Å². The van der Waals surface area contributed by atoms with Crippen molar-refractivity contribution in [3.05, 3.63) is 82.9 Å². The second-order valence-corrected chi connectivity index (χ2v) is 7.75. The predicted molar refractivity (Wildman–Crippen MR) is 117 cm³/mol. The number of phenols is 1. The molecule has 1 heterocycles. The van der Waals surface area contributed by atoms with Crippen molar-refractivity contribution in [1.29, 1.82) is 0 Å². The van der Waals surface area contributed by atoms with E-state index in [1.807, 2.05) is 36.4 Å². The predicted octanol–water partition coefficient (Wildman–Crippen LogP) is -0.356. The Balaban J connectivity index is 0.00000289. The Bertz CT molecular complexity index is 1030. The minimum absolute atomic E-state index is 0. The Morgan fingerprint density at radius 2 is 1.53 bits per heavy atom. The third-order valence-electron chi connectivity index (χ3n) is 5.90. The molecule has 0 spiro atoms. The van der Waals surface area contributed by atoms with Crippen LogP contribution in [0.15, 0.2) is 60.7 Å². The molecule has 3 atom stereocenters. The van der Waals surface area contributed by atoms with Crippen LogP contribution in [-0.4, -0.2) is 38.1 Å². The van der Waals surface area contributed by atoms with E-state index in [-0.39, 0.29) is 24.2 Å². The van der Waals surface area contributed by atoms with Crippen LogP contribution >= 0.6 is 0 Å². The summed E-state index contributed by atoms with van der Waals surface area (Å²) in [6.07, 6.45) is -0.667. The van der Waals surface area contributed by atoms with Gasteiger partial charge >= 0.3 is 0 Å². The highest BCUT2D eigenvalue weighted by Gasteiger charge is 2.38. The van der Waals surface area contributed by atoms with Gasteiger partial charge < -0.3 is 41.7 Å². The smallest absolute Gasteiger partial charge is 0.203 e. The molecule has 170 valence electrons. The molecule has 0 fully saturated rings. The van der Waals surface area contributed by atoms with Crippen LogP contribution in [0.4, 0.5) is 0 Å². The Hall–Kier alpha value is -2.93. The van der Waals surface area contributed by atoms with Crippen molar-refractivity contribution >= 4 is 0 Å². The van der Waals surface area contributed by atoms with Gasteiger partial charge in [-0.15, -0.1) is 0 Å². The maximum Gasteiger partial charge on any atom is 0.203 e. The first kappa shape index (κ1) is 23.7. The molecule has 4 rings (SSSR count). The van der Waals surface area contributed by atoms with Crippen LogP contribution in [0.5, 0.6) is 23.0 Å². The summed E-state index contributed by atoms with van der Waals surface area (Å²) in [5.41, 5.74) is 3.89. The number of methoxy groups -OCH3 is 3. The number of nitrogens with one attached hydrogen (secondary N) is 1. The van der Waals surface area contributed by atoms with Crippen LogP contribution in [0.25, 0.3) is 0 Å². The van der Waals surface area contributed by atoms with Gasteiger partial charge in [0.05, 0.1) is 21.3 Å². The lowest BCUT2D eigenvalue weighted by Crippen LogP contribution is -3.12. The number of hydrogen-bond donors (Lipinski definition) is 3. The fraction of sp³-hybridized carbons (Fsp3) is 0.280. The molecule has 0 bridgehead atoms. The molecular weight excluding hydrogens is 430 g/mol. The second-order valence-electron chi connectivity index (χ2n) is 7.75. The maximum atomic E-state index is 10.9. The summed E-state index contributed by atoms with van der Waals surface area (Å²) in [7, 11) is 4.79. The summed E-state index contributed by atoms with van der Waals surface area (Å²) in [6.45, 7) is 1.24. The molecular formula is C25H28ClNO5. The van der Waals surface area contributed by atoms with Crippen molar-refractivity contribution in [2.24, 2.45) is 0 Å². The molecule has 0 saturated heterocycles. The fourth-order valence-corrected chi connectivity index (χ4v) is 4.53. The Labute approximate surface area is 194 Å². The van der Waals surface area contributed by atoms with Gasteiger partial charge in [-0.05, 0) is 35.9 Å². The zero-order chi connectivity index (χ0) is 22.0. The summed E-state index contributed by atoms with van der Waals surface area (Å²) >= 11 is 0. The van der Waals surface area contributed by atoms with E-state index in [4.69, 9.17) is 14.2 Å². The van der Waals surface area contributed by atoms with Crippen molar-refractivity contribution < 1.29 is 41.7 Å². The van der Waals surface area contributed by atoms with E-state index in [1.54, 1.807) is 33.5 Å². The van der Waals surface area contributed by atoms with Gasteiger partial charge in [-0.1, -0.05) is 30.3 Å². The minimum Gasteiger partial charge on any atom is -1.00 e. The van der Waals surface area contributed by atoms with E-state index >= 15 is 0 Å². The van der Waals surface area contributed by atoms with E-state index in [1.165, 1.54) is 10.5 Å². The Morgan fingerprint density at radius 3 is 2.12 bits per heavy atom. The second kappa shape index (κ2) is 10.1. The molecule has 0 saturated carbocycles. The fourth-order valence-electron chi connectivity index (χ4n) is 4.53. The number of phenolic OH excluding ortho intramolecular Hbond substituents is 1. The first-order valence-electron chi connectivity index (χ1n) is 10.2. The quantitative estimate of drug-likeness (QED) is 0.472. The van der Waals surface area contributed by atoms with Gasteiger partial charge in [-0.2, -0.15) is 0 Å². The minimum atomic E-state index is -0.667. The first-order valence-corrected chi connectivity index (χ1v) is 10.2. The number of hydrogen-bond acceptors (Lipinski definition) is 5.